The Morgan fingerprint density at radius 2 is 1.92 bits per heavy atom. The summed E-state index contributed by atoms with van der Waals surface area (Å²) in [5.41, 5.74) is 2.46. The molecule has 0 spiro atoms. The van der Waals surface area contributed by atoms with Gasteiger partial charge in [-0.1, -0.05) is 62.9 Å². The summed E-state index contributed by atoms with van der Waals surface area (Å²) in [5, 5.41) is 10.2. The minimum Gasteiger partial charge on any atom is -0.486 e. The predicted molar refractivity (Wildman–Crippen MR) is 141 cm³/mol. The Bertz CT molecular complexity index is 1590. The zero-order valence-corrected chi connectivity index (χ0v) is 21.3. The average molecular weight is 502 g/mol. The van der Waals surface area contributed by atoms with E-state index in [2.05, 4.69) is 59.6 Å². The monoisotopic (exact) mass is 501 g/mol. The number of thioether (sulfide) groups is 1. The van der Waals surface area contributed by atoms with Crippen LogP contribution in [0, 0.1) is 0 Å². The number of ether oxygens (including phenoxy) is 1. The van der Waals surface area contributed by atoms with E-state index in [4.69, 9.17) is 9.15 Å². The molecule has 0 fully saturated rings. The zero-order chi connectivity index (χ0) is 25.3. The maximum absolute atomic E-state index is 12.6. The van der Waals surface area contributed by atoms with E-state index < -0.39 is 0 Å². The van der Waals surface area contributed by atoms with Gasteiger partial charge in [0.1, 0.15) is 29.3 Å². The summed E-state index contributed by atoms with van der Waals surface area (Å²) in [4.78, 5) is 20.1. The van der Waals surface area contributed by atoms with E-state index in [1.165, 1.54) is 17.3 Å². The molecular weight excluding hydrogens is 474 g/mol. The van der Waals surface area contributed by atoms with E-state index in [9.17, 15) is 4.79 Å². The molecule has 0 aliphatic heterocycles. The minimum atomic E-state index is -0.300. The zero-order valence-electron chi connectivity index (χ0n) is 20.4. The molecular formula is C27H27N5O3S. The molecule has 0 unspecified atom stereocenters. The van der Waals surface area contributed by atoms with E-state index in [0.717, 1.165) is 11.1 Å². The molecule has 3 heterocycles. The lowest BCUT2D eigenvalue weighted by Gasteiger charge is -2.19. The lowest BCUT2D eigenvalue weighted by atomic mass is 9.87. The van der Waals surface area contributed by atoms with Crippen molar-refractivity contribution in [3.63, 3.8) is 0 Å². The molecule has 36 heavy (non-hydrogen) atoms. The number of aromatic nitrogens is 5. The average Bonchev–Trinajstić information content (AvgIpc) is 3.43. The standard InChI is InChI=1S/C27H27N5O3S/c1-5-14-32-22(15-34-18-12-10-17(11-13-18)27(2,3)4)30-31-26(32)36-16-21-28-23-19-8-6-7-9-20(19)35-24(23)25(33)29-21/h5-13H,1,14-16H2,2-4H3,(H,28,29,33). The maximum atomic E-state index is 12.6. The number of hydrogen-bond acceptors (Lipinski definition) is 7. The predicted octanol–water partition coefficient (Wildman–Crippen LogP) is 5.62. The largest absolute Gasteiger partial charge is 0.486 e. The molecule has 1 N–H and O–H groups in total. The topological polar surface area (TPSA) is 98.8 Å². The molecule has 0 bridgehead atoms. The van der Waals surface area contributed by atoms with Crippen LogP contribution in [0.15, 0.2) is 75.6 Å². The second-order valence-corrected chi connectivity index (χ2v) is 10.4. The van der Waals surface area contributed by atoms with Crippen LogP contribution in [-0.2, 0) is 24.3 Å². The van der Waals surface area contributed by atoms with E-state index >= 15 is 0 Å². The number of para-hydroxylation sites is 1. The lowest BCUT2D eigenvalue weighted by Crippen LogP contribution is -2.11. The van der Waals surface area contributed by atoms with Gasteiger partial charge < -0.3 is 14.1 Å². The van der Waals surface area contributed by atoms with Gasteiger partial charge in [-0.25, -0.2) is 4.98 Å². The Kier molecular flexibility index (Phi) is 6.40. The molecule has 5 rings (SSSR count). The first-order valence-electron chi connectivity index (χ1n) is 11.6. The second kappa shape index (κ2) is 9.66. The van der Waals surface area contributed by atoms with Crippen LogP contribution in [0.1, 0.15) is 38.0 Å². The summed E-state index contributed by atoms with van der Waals surface area (Å²) >= 11 is 1.44. The van der Waals surface area contributed by atoms with Gasteiger partial charge in [-0.3, -0.25) is 9.36 Å². The molecule has 0 aliphatic carbocycles. The number of aromatic amines is 1. The van der Waals surface area contributed by atoms with Gasteiger partial charge in [0, 0.05) is 11.9 Å². The SMILES string of the molecule is C=CCn1c(COc2ccc(C(C)(C)C)cc2)nnc1SCc1nc2c(oc3ccccc32)c(=O)[nH]1. The van der Waals surface area contributed by atoms with Crippen molar-refractivity contribution in [1.82, 2.24) is 24.7 Å². The van der Waals surface area contributed by atoms with Crippen molar-refractivity contribution in [2.24, 2.45) is 0 Å². The molecule has 3 aromatic heterocycles. The number of benzene rings is 2. The first kappa shape index (κ1) is 23.9. The fourth-order valence-corrected chi connectivity index (χ4v) is 4.73. The number of furan rings is 1. The maximum Gasteiger partial charge on any atom is 0.294 e. The Labute approximate surface area is 212 Å². The van der Waals surface area contributed by atoms with Gasteiger partial charge >= 0.3 is 0 Å². The third kappa shape index (κ3) is 4.79. The molecule has 0 atom stereocenters. The van der Waals surface area contributed by atoms with E-state index in [0.29, 0.717) is 40.2 Å². The van der Waals surface area contributed by atoms with Crippen molar-refractivity contribution >= 4 is 33.8 Å². The van der Waals surface area contributed by atoms with E-state index in [1.54, 1.807) is 6.08 Å². The molecule has 0 aliphatic rings. The Morgan fingerprint density at radius 3 is 2.67 bits per heavy atom. The molecule has 184 valence electrons. The van der Waals surface area contributed by atoms with Crippen molar-refractivity contribution in [2.75, 3.05) is 0 Å². The smallest absolute Gasteiger partial charge is 0.294 e. The third-order valence-corrected chi connectivity index (χ3v) is 6.79. The van der Waals surface area contributed by atoms with Crippen molar-refractivity contribution in [2.45, 2.75) is 50.2 Å². The fourth-order valence-electron chi connectivity index (χ4n) is 3.89. The quantitative estimate of drug-likeness (QED) is 0.218. The lowest BCUT2D eigenvalue weighted by molar-refractivity contribution is 0.289. The molecule has 9 heteroatoms. The van der Waals surface area contributed by atoms with Crippen molar-refractivity contribution < 1.29 is 9.15 Å². The summed E-state index contributed by atoms with van der Waals surface area (Å²) in [5.74, 6) is 2.41. The van der Waals surface area contributed by atoms with E-state index in [-0.39, 0.29) is 23.2 Å². The summed E-state index contributed by atoms with van der Waals surface area (Å²) in [6, 6.07) is 15.6. The van der Waals surface area contributed by atoms with Crippen LogP contribution in [-0.4, -0.2) is 24.7 Å². The first-order valence-corrected chi connectivity index (χ1v) is 12.6. The van der Waals surface area contributed by atoms with Crippen LogP contribution < -0.4 is 10.3 Å². The van der Waals surface area contributed by atoms with Gasteiger partial charge in [0.25, 0.3) is 5.56 Å². The van der Waals surface area contributed by atoms with Gasteiger partial charge in [-0.2, -0.15) is 0 Å². The summed E-state index contributed by atoms with van der Waals surface area (Å²) in [6.45, 7) is 11.2. The Balaban J connectivity index is 1.32. The number of allylic oxidation sites excluding steroid dienone is 1. The Morgan fingerprint density at radius 1 is 1.14 bits per heavy atom. The minimum absolute atomic E-state index is 0.0865. The van der Waals surface area contributed by atoms with Crippen LogP contribution in [0.2, 0.25) is 0 Å². The van der Waals surface area contributed by atoms with Crippen LogP contribution in [0.3, 0.4) is 0 Å². The van der Waals surface area contributed by atoms with Crippen LogP contribution in [0.4, 0.5) is 0 Å². The summed E-state index contributed by atoms with van der Waals surface area (Å²) in [6.07, 6.45) is 1.79. The van der Waals surface area contributed by atoms with Crippen molar-refractivity contribution in [1.29, 1.82) is 0 Å². The number of fused-ring (bicyclic) bond motifs is 3. The van der Waals surface area contributed by atoms with Gasteiger partial charge in [-0.05, 0) is 35.2 Å². The van der Waals surface area contributed by atoms with Crippen LogP contribution >= 0.6 is 11.8 Å². The van der Waals surface area contributed by atoms with Gasteiger partial charge in [0.05, 0.1) is 5.75 Å². The molecule has 0 saturated heterocycles. The molecule has 5 aromatic rings. The molecule has 0 saturated carbocycles. The second-order valence-electron chi connectivity index (χ2n) is 9.44. The first-order chi connectivity index (χ1) is 17.3. The fraction of sp³-hybridized carbons (Fsp3) is 0.259. The Hall–Kier alpha value is -3.85. The molecule has 0 amide bonds. The normalized spacial score (nSPS) is 11.9. The van der Waals surface area contributed by atoms with Gasteiger partial charge in [0.15, 0.2) is 11.0 Å². The highest BCUT2D eigenvalue weighted by molar-refractivity contribution is 7.98. The summed E-state index contributed by atoms with van der Waals surface area (Å²) in [7, 11) is 0. The summed E-state index contributed by atoms with van der Waals surface area (Å²) < 4.78 is 13.6. The number of hydrogen-bond donors (Lipinski definition) is 1. The highest BCUT2D eigenvalue weighted by atomic mass is 32.2. The van der Waals surface area contributed by atoms with Crippen molar-refractivity contribution in [3.05, 3.63) is 88.8 Å². The number of rotatable bonds is 8. The van der Waals surface area contributed by atoms with Gasteiger partial charge in [-0.15, -0.1) is 16.8 Å². The number of H-pyrrole nitrogens is 1. The number of nitrogens with one attached hydrogen (secondary N) is 1. The molecule has 0 radical (unpaired) electrons. The van der Waals surface area contributed by atoms with Gasteiger partial charge in [0.2, 0.25) is 5.58 Å². The highest BCUT2D eigenvalue weighted by Gasteiger charge is 2.17. The third-order valence-electron chi connectivity index (χ3n) is 5.81. The molecule has 2 aromatic carbocycles. The van der Waals surface area contributed by atoms with Crippen LogP contribution in [0.25, 0.3) is 22.1 Å². The van der Waals surface area contributed by atoms with E-state index in [1.807, 2.05) is 41.0 Å². The van der Waals surface area contributed by atoms with Crippen molar-refractivity contribution in [3.8, 4) is 5.75 Å². The van der Waals surface area contributed by atoms with Crippen LogP contribution in [0.5, 0.6) is 5.75 Å². The highest BCUT2D eigenvalue weighted by Crippen LogP contribution is 2.27. The number of nitrogens with zero attached hydrogens (tertiary/aromatic N) is 4. The molecule has 8 nitrogen and oxygen atoms in total.